The molecule has 52 valence electrons. The van der Waals surface area contributed by atoms with E-state index in [1.54, 1.807) is 0 Å². The maximum absolute atomic E-state index is 10.5. The Balaban J connectivity index is 4.06. The number of carbonyl (C=O) groups is 1. The molecule has 0 unspecified atom stereocenters. The summed E-state index contributed by atoms with van der Waals surface area (Å²) in [5.41, 5.74) is 4.85. The minimum Gasteiger partial charge on any atom is -0.404 e. The van der Waals surface area contributed by atoms with Gasteiger partial charge in [-0.1, -0.05) is 34.8 Å². The minimum atomic E-state index is -1.88. The fourth-order valence-corrected chi connectivity index (χ4v) is 0.371. The zero-order valence-electron chi connectivity index (χ0n) is 4.27. The third kappa shape index (κ3) is 3.62. The second kappa shape index (κ2) is 3.30. The van der Waals surface area contributed by atoms with E-state index in [1.165, 1.54) is 0 Å². The molecule has 0 aromatic heterocycles. The smallest absolute Gasteiger partial charge is 0.252 e. The van der Waals surface area contributed by atoms with E-state index in [9.17, 15) is 4.79 Å². The van der Waals surface area contributed by atoms with Gasteiger partial charge in [0.1, 0.15) is 0 Å². The van der Waals surface area contributed by atoms with Crippen molar-refractivity contribution < 1.29 is 4.79 Å². The number of nitrogens with two attached hydrogens (primary N) is 1. The Bertz CT molecular complexity index is 137. The molecule has 0 aromatic carbocycles. The summed E-state index contributed by atoms with van der Waals surface area (Å²) in [7, 11) is 0. The molecule has 2 N–H and O–H groups in total. The van der Waals surface area contributed by atoms with Crippen LogP contribution in [0, 0.1) is 0 Å². The first kappa shape index (κ1) is 9.08. The van der Waals surface area contributed by atoms with E-state index >= 15 is 0 Å². The quantitative estimate of drug-likeness (QED) is 0.499. The summed E-state index contributed by atoms with van der Waals surface area (Å²) in [5, 5.41) is 0. The number of carbonyl (C=O) groups excluding carboxylic acids is 1. The average molecular weight is 188 g/mol. The van der Waals surface area contributed by atoms with Crippen LogP contribution in [-0.4, -0.2) is 9.58 Å². The standard InChI is InChI=1S/C4H4Cl3NO/c5-4(6,7)3(9)1-2-8/h1-2H,8H2. The van der Waals surface area contributed by atoms with Gasteiger partial charge in [0.25, 0.3) is 3.79 Å². The van der Waals surface area contributed by atoms with E-state index in [0.29, 0.717) is 0 Å². The molecule has 0 atom stereocenters. The van der Waals surface area contributed by atoms with Crippen molar-refractivity contribution in [3.8, 4) is 0 Å². The van der Waals surface area contributed by atoms with Gasteiger partial charge in [0.2, 0.25) is 5.78 Å². The van der Waals surface area contributed by atoms with Crippen LogP contribution in [0.4, 0.5) is 0 Å². The molecule has 0 spiro atoms. The van der Waals surface area contributed by atoms with Gasteiger partial charge in [0.15, 0.2) is 0 Å². The first-order chi connectivity index (χ1) is 3.98. The van der Waals surface area contributed by atoms with Crippen LogP contribution >= 0.6 is 34.8 Å². The largest absolute Gasteiger partial charge is 0.404 e. The van der Waals surface area contributed by atoms with Gasteiger partial charge < -0.3 is 5.73 Å². The highest BCUT2D eigenvalue weighted by Gasteiger charge is 2.27. The number of ketones is 1. The predicted molar refractivity (Wildman–Crippen MR) is 38.6 cm³/mol. The number of alkyl halides is 3. The van der Waals surface area contributed by atoms with Gasteiger partial charge in [-0.3, -0.25) is 4.79 Å². The molecule has 0 saturated heterocycles. The van der Waals surface area contributed by atoms with Crippen molar-refractivity contribution in [2.24, 2.45) is 5.73 Å². The summed E-state index contributed by atoms with van der Waals surface area (Å²) in [4.78, 5) is 10.5. The molecule has 2 nitrogen and oxygen atoms in total. The normalized spacial score (nSPS) is 12.3. The van der Waals surface area contributed by atoms with Crippen LogP contribution in [0.2, 0.25) is 0 Å². The van der Waals surface area contributed by atoms with Gasteiger partial charge in [-0.2, -0.15) is 0 Å². The molecule has 0 bridgehead atoms. The molecule has 0 aliphatic heterocycles. The number of allylic oxidation sites excluding steroid dienone is 1. The fraction of sp³-hybridized carbons (Fsp3) is 0.250. The average Bonchev–Trinajstić information content (AvgIpc) is 1.64. The van der Waals surface area contributed by atoms with Crippen molar-refractivity contribution in [1.29, 1.82) is 0 Å². The number of hydrogen-bond donors (Lipinski definition) is 1. The van der Waals surface area contributed by atoms with Crippen LogP contribution in [0.1, 0.15) is 0 Å². The number of rotatable bonds is 1. The Morgan fingerprint density at radius 1 is 1.44 bits per heavy atom. The molecular formula is C4H4Cl3NO. The Labute approximate surface area is 67.6 Å². The third-order valence-corrected chi connectivity index (χ3v) is 1.09. The van der Waals surface area contributed by atoms with E-state index < -0.39 is 9.58 Å². The predicted octanol–water partition coefficient (Wildman–Crippen LogP) is 1.40. The number of halogens is 3. The zero-order chi connectivity index (χ0) is 7.49. The van der Waals surface area contributed by atoms with Crippen LogP contribution in [-0.2, 0) is 4.79 Å². The summed E-state index contributed by atoms with van der Waals surface area (Å²) in [6.45, 7) is 0. The van der Waals surface area contributed by atoms with Crippen LogP contribution in [0.5, 0.6) is 0 Å². The second-order valence-corrected chi connectivity index (χ2v) is 3.50. The molecule has 0 aromatic rings. The van der Waals surface area contributed by atoms with Crippen LogP contribution in [0.3, 0.4) is 0 Å². The van der Waals surface area contributed by atoms with E-state index in [2.05, 4.69) is 0 Å². The van der Waals surface area contributed by atoms with Crippen LogP contribution in [0.15, 0.2) is 12.3 Å². The first-order valence-electron chi connectivity index (χ1n) is 1.98. The van der Waals surface area contributed by atoms with Gasteiger partial charge in [-0.25, -0.2) is 0 Å². The van der Waals surface area contributed by atoms with Crippen molar-refractivity contribution in [2.45, 2.75) is 3.79 Å². The summed E-state index contributed by atoms with van der Waals surface area (Å²) in [6.07, 6.45) is 2.01. The summed E-state index contributed by atoms with van der Waals surface area (Å²) < 4.78 is -1.88. The highest BCUT2D eigenvalue weighted by molar-refractivity contribution is 6.77. The third-order valence-electron chi connectivity index (χ3n) is 0.527. The molecule has 0 heterocycles. The molecule has 0 rings (SSSR count). The van der Waals surface area contributed by atoms with Gasteiger partial charge in [0.05, 0.1) is 0 Å². The topological polar surface area (TPSA) is 43.1 Å². The summed E-state index contributed by atoms with van der Waals surface area (Å²) in [6, 6.07) is 0. The summed E-state index contributed by atoms with van der Waals surface area (Å²) in [5.74, 6) is -0.644. The van der Waals surface area contributed by atoms with Crippen molar-refractivity contribution in [2.75, 3.05) is 0 Å². The molecule has 0 aliphatic rings. The maximum Gasteiger partial charge on any atom is 0.252 e. The Kier molecular flexibility index (Phi) is 3.33. The monoisotopic (exact) mass is 187 g/mol. The van der Waals surface area contributed by atoms with Gasteiger partial charge >= 0.3 is 0 Å². The lowest BCUT2D eigenvalue weighted by Gasteiger charge is -2.03. The molecule has 0 aliphatic carbocycles. The van der Waals surface area contributed by atoms with Gasteiger partial charge in [0, 0.05) is 6.08 Å². The maximum atomic E-state index is 10.5. The summed E-state index contributed by atoms with van der Waals surface area (Å²) >= 11 is 15.4. The molecule has 5 heteroatoms. The lowest BCUT2D eigenvalue weighted by Crippen LogP contribution is -2.15. The van der Waals surface area contributed by atoms with E-state index in [1.807, 2.05) is 0 Å². The SMILES string of the molecule is NC=CC(=O)C(Cl)(Cl)Cl. The number of hydrogen-bond acceptors (Lipinski definition) is 2. The highest BCUT2D eigenvalue weighted by Crippen LogP contribution is 2.27. The first-order valence-corrected chi connectivity index (χ1v) is 3.11. The Morgan fingerprint density at radius 2 is 1.89 bits per heavy atom. The van der Waals surface area contributed by atoms with Crippen molar-refractivity contribution >= 4 is 40.6 Å². The van der Waals surface area contributed by atoms with Crippen molar-refractivity contribution in [3.63, 3.8) is 0 Å². The molecular weight excluding hydrogens is 184 g/mol. The second-order valence-electron chi connectivity index (χ2n) is 1.22. The van der Waals surface area contributed by atoms with E-state index in [4.69, 9.17) is 40.5 Å². The molecule has 0 amide bonds. The van der Waals surface area contributed by atoms with Crippen LogP contribution in [0.25, 0.3) is 0 Å². The van der Waals surface area contributed by atoms with Crippen molar-refractivity contribution in [1.82, 2.24) is 0 Å². The zero-order valence-corrected chi connectivity index (χ0v) is 6.54. The van der Waals surface area contributed by atoms with Crippen LogP contribution < -0.4 is 5.73 Å². The minimum absolute atomic E-state index is 0.644. The molecule has 0 radical (unpaired) electrons. The molecule has 9 heavy (non-hydrogen) atoms. The fourth-order valence-electron chi connectivity index (χ4n) is 0.182. The lowest BCUT2D eigenvalue weighted by molar-refractivity contribution is -0.113. The van der Waals surface area contributed by atoms with Gasteiger partial charge in [-0.05, 0) is 6.20 Å². The Morgan fingerprint density at radius 3 is 2.00 bits per heavy atom. The Hall–Kier alpha value is 0.0800. The lowest BCUT2D eigenvalue weighted by atomic mass is 10.4. The molecule has 0 saturated carbocycles. The van der Waals surface area contributed by atoms with E-state index in [0.717, 1.165) is 12.3 Å². The highest BCUT2D eigenvalue weighted by atomic mass is 35.6. The van der Waals surface area contributed by atoms with Gasteiger partial charge in [-0.15, -0.1) is 0 Å². The van der Waals surface area contributed by atoms with E-state index in [-0.39, 0.29) is 0 Å². The molecule has 0 fully saturated rings. The van der Waals surface area contributed by atoms with Crippen molar-refractivity contribution in [3.05, 3.63) is 12.3 Å².